The molecule has 3 aromatic rings. The van der Waals surface area contributed by atoms with E-state index >= 15 is 0 Å². The molecular formula is C17H15N5O. The number of H-pyrrole nitrogens is 1. The minimum atomic E-state index is 0.0417. The lowest BCUT2D eigenvalue weighted by molar-refractivity contribution is 0.368. The molecule has 0 unspecified atom stereocenters. The Bertz CT molecular complexity index is 841. The zero-order valence-corrected chi connectivity index (χ0v) is 12.6. The Morgan fingerprint density at radius 3 is 2.78 bits per heavy atom. The first-order valence-corrected chi connectivity index (χ1v) is 7.11. The number of rotatable bonds is 5. The highest BCUT2D eigenvalue weighted by Crippen LogP contribution is 2.15. The van der Waals surface area contributed by atoms with Gasteiger partial charge in [0.15, 0.2) is 6.61 Å². The fourth-order valence-corrected chi connectivity index (χ4v) is 2.12. The maximum atomic E-state index is 8.49. The van der Waals surface area contributed by atoms with Gasteiger partial charge in [0, 0.05) is 0 Å². The highest BCUT2D eigenvalue weighted by atomic mass is 16.5. The summed E-state index contributed by atoms with van der Waals surface area (Å²) in [5, 5.41) is 12.8. The van der Waals surface area contributed by atoms with Crippen LogP contribution in [0.2, 0.25) is 0 Å². The summed E-state index contributed by atoms with van der Waals surface area (Å²) >= 11 is 0. The number of ether oxygens (including phenoxy) is 1. The highest BCUT2D eigenvalue weighted by Gasteiger charge is 2.02. The molecule has 1 aromatic heterocycles. The summed E-state index contributed by atoms with van der Waals surface area (Å²) in [6.07, 6.45) is 0. The van der Waals surface area contributed by atoms with Gasteiger partial charge in [-0.2, -0.15) is 10.4 Å². The van der Waals surface area contributed by atoms with Crippen LogP contribution in [0, 0.1) is 11.3 Å². The largest absolute Gasteiger partial charge is 0.479 e. The van der Waals surface area contributed by atoms with Crippen LogP contribution >= 0.6 is 0 Å². The number of aromatic amines is 1. The van der Waals surface area contributed by atoms with Gasteiger partial charge >= 0.3 is 0 Å². The molecule has 0 saturated heterocycles. The van der Waals surface area contributed by atoms with Crippen molar-refractivity contribution in [2.24, 2.45) is 5.10 Å². The van der Waals surface area contributed by atoms with Crippen molar-refractivity contribution in [1.82, 2.24) is 9.97 Å². The summed E-state index contributed by atoms with van der Waals surface area (Å²) in [7, 11) is 0. The number of para-hydroxylation sites is 2. The molecule has 2 aromatic carbocycles. The number of aromatic nitrogens is 2. The van der Waals surface area contributed by atoms with E-state index in [4.69, 9.17) is 10.00 Å². The second-order valence-corrected chi connectivity index (χ2v) is 4.88. The molecule has 0 aliphatic heterocycles. The van der Waals surface area contributed by atoms with Crippen molar-refractivity contribution < 1.29 is 4.74 Å². The van der Waals surface area contributed by atoms with Crippen LogP contribution in [0.25, 0.3) is 11.0 Å². The smallest absolute Gasteiger partial charge is 0.222 e. The third-order valence-corrected chi connectivity index (χ3v) is 3.29. The van der Waals surface area contributed by atoms with E-state index in [0.29, 0.717) is 11.7 Å². The summed E-state index contributed by atoms with van der Waals surface area (Å²) in [6.45, 7) is 1.95. The molecule has 0 saturated carbocycles. The van der Waals surface area contributed by atoms with Gasteiger partial charge in [0.05, 0.1) is 16.7 Å². The number of imidazole rings is 1. The fourth-order valence-electron chi connectivity index (χ4n) is 2.12. The van der Waals surface area contributed by atoms with Crippen molar-refractivity contribution in [3.8, 4) is 11.8 Å². The zero-order chi connectivity index (χ0) is 16.1. The average Bonchev–Trinajstić information content (AvgIpc) is 3.01. The number of nitriles is 1. The lowest BCUT2D eigenvalue weighted by Crippen LogP contribution is -2.01. The number of fused-ring (bicyclic) bond motifs is 1. The van der Waals surface area contributed by atoms with Gasteiger partial charge in [0.1, 0.15) is 11.8 Å². The molecule has 0 aliphatic carbocycles. The van der Waals surface area contributed by atoms with Crippen molar-refractivity contribution >= 4 is 22.7 Å². The topological polar surface area (TPSA) is 86.1 Å². The minimum absolute atomic E-state index is 0.0417. The van der Waals surface area contributed by atoms with E-state index in [1.54, 1.807) is 0 Å². The summed E-state index contributed by atoms with van der Waals surface area (Å²) in [5.74, 6) is 1.26. The monoisotopic (exact) mass is 305 g/mol. The molecule has 0 amide bonds. The van der Waals surface area contributed by atoms with Crippen molar-refractivity contribution in [2.75, 3.05) is 12.0 Å². The molecule has 0 bridgehead atoms. The molecule has 2 N–H and O–H groups in total. The second kappa shape index (κ2) is 6.62. The Morgan fingerprint density at radius 2 is 2.04 bits per heavy atom. The lowest BCUT2D eigenvalue weighted by Gasteiger charge is -2.04. The molecule has 0 atom stereocenters. The molecule has 0 radical (unpaired) electrons. The molecule has 0 spiro atoms. The van der Waals surface area contributed by atoms with E-state index in [1.165, 1.54) is 0 Å². The lowest BCUT2D eigenvalue weighted by atomic mass is 10.1. The molecule has 0 fully saturated rings. The Labute approximate surface area is 133 Å². The third-order valence-electron chi connectivity index (χ3n) is 3.29. The summed E-state index contributed by atoms with van der Waals surface area (Å²) in [5.41, 5.74) is 6.55. The van der Waals surface area contributed by atoms with Crippen LogP contribution < -0.4 is 10.2 Å². The standard InChI is InChI=1S/C17H15N5O/c1-12(13-6-8-14(9-7-13)23-11-10-18)21-22-17-19-15-4-2-3-5-16(15)20-17/h2-9H,11H2,1H3,(H2,19,20,22)/b21-12-. The van der Waals surface area contributed by atoms with Crippen LogP contribution in [0.3, 0.4) is 0 Å². The number of hydrogen-bond donors (Lipinski definition) is 2. The molecule has 23 heavy (non-hydrogen) atoms. The van der Waals surface area contributed by atoms with Gasteiger partial charge in [-0.1, -0.05) is 12.1 Å². The molecule has 6 nitrogen and oxygen atoms in total. The predicted molar refractivity (Wildman–Crippen MR) is 89.5 cm³/mol. The van der Waals surface area contributed by atoms with Gasteiger partial charge in [-0.3, -0.25) is 0 Å². The van der Waals surface area contributed by atoms with Crippen molar-refractivity contribution in [2.45, 2.75) is 6.92 Å². The van der Waals surface area contributed by atoms with Gasteiger partial charge in [-0.05, 0) is 48.9 Å². The molecule has 114 valence electrons. The Balaban J connectivity index is 1.70. The summed E-state index contributed by atoms with van der Waals surface area (Å²) in [6, 6.07) is 17.1. The van der Waals surface area contributed by atoms with Crippen molar-refractivity contribution in [3.63, 3.8) is 0 Å². The third kappa shape index (κ3) is 3.47. The number of hydrogen-bond acceptors (Lipinski definition) is 5. The highest BCUT2D eigenvalue weighted by molar-refractivity contribution is 5.99. The van der Waals surface area contributed by atoms with E-state index in [9.17, 15) is 0 Å². The van der Waals surface area contributed by atoms with Gasteiger partial charge in [0.2, 0.25) is 5.95 Å². The second-order valence-electron chi connectivity index (χ2n) is 4.88. The van der Waals surface area contributed by atoms with Crippen LogP contribution in [0.1, 0.15) is 12.5 Å². The maximum Gasteiger partial charge on any atom is 0.222 e. The maximum absolute atomic E-state index is 8.49. The summed E-state index contributed by atoms with van der Waals surface area (Å²) in [4.78, 5) is 7.56. The van der Waals surface area contributed by atoms with Gasteiger partial charge in [-0.15, -0.1) is 0 Å². The molecule has 1 heterocycles. The Hall–Kier alpha value is -3.33. The first-order chi connectivity index (χ1) is 11.3. The van der Waals surface area contributed by atoms with E-state index in [0.717, 1.165) is 22.3 Å². The SMILES string of the molecule is C/C(=N/Nc1nc2ccccc2[nH]1)c1ccc(OCC#N)cc1. The zero-order valence-electron chi connectivity index (χ0n) is 12.6. The number of nitrogens with one attached hydrogen (secondary N) is 2. The quantitative estimate of drug-likeness (QED) is 0.559. The van der Waals surface area contributed by atoms with E-state index in [2.05, 4.69) is 20.5 Å². The van der Waals surface area contributed by atoms with Crippen molar-refractivity contribution in [1.29, 1.82) is 5.26 Å². The minimum Gasteiger partial charge on any atom is -0.479 e. The van der Waals surface area contributed by atoms with Gasteiger partial charge < -0.3 is 9.72 Å². The van der Waals surface area contributed by atoms with Crippen LogP contribution in [0.4, 0.5) is 5.95 Å². The Kier molecular flexibility index (Phi) is 4.20. The van der Waals surface area contributed by atoms with Gasteiger partial charge in [0.25, 0.3) is 0 Å². The number of hydrazone groups is 1. The number of nitrogens with zero attached hydrogens (tertiary/aromatic N) is 3. The van der Waals surface area contributed by atoms with Crippen molar-refractivity contribution in [3.05, 3.63) is 54.1 Å². The molecule has 3 rings (SSSR count). The van der Waals surface area contributed by atoms with E-state index in [-0.39, 0.29) is 6.61 Å². The average molecular weight is 305 g/mol. The van der Waals surface area contributed by atoms with Gasteiger partial charge in [-0.25, -0.2) is 10.4 Å². The van der Waals surface area contributed by atoms with Crippen LogP contribution in [-0.2, 0) is 0 Å². The fraction of sp³-hybridized carbons (Fsp3) is 0.118. The Morgan fingerprint density at radius 1 is 1.26 bits per heavy atom. The van der Waals surface area contributed by atoms with Crippen LogP contribution in [-0.4, -0.2) is 22.3 Å². The number of benzene rings is 2. The van der Waals surface area contributed by atoms with Crippen LogP contribution in [0.5, 0.6) is 5.75 Å². The molecular weight excluding hydrogens is 290 g/mol. The first-order valence-electron chi connectivity index (χ1n) is 7.11. The number of anilines is 1. The predicted octanol–water partition coefficient (Wildman–Crippen LogP) is 3.30. The normalized spacial score (nSPS) is 11.2. The summed E-state index contributed by atoms with van der Waals surface area (Å²) < 4.78 is 5.22. The molecule has 0 aliphatic rings. The first kappa shape index (κ1) is 14.6. The van der Waals surface area contributed by atoms with E-state index in [1.807, 2.05) is 61.5 Å². The van der Waals surface area contributed by atoms with Crippen LogP contribution in [0.15, 0.2) is 53.6 Å². The molecule has 6 heteroatoms. The van der Waals surface area contributed by atoms with E-state index < -0.39 is 0 Å².